The van der Waals surface area contributed by atoms with Crippen molar-refractivity contribution in [2.45, 2.75) is 31.2 Å². The Balaban J connectivity index is 1.86. The summed E-state index contributed by atoms with van der Waals surface area (Å²) in [4.78, 5) is 49.0. The summed E-state index contributed by atoms with van der Waals surface area (Å²) in [5, 5.41) is 13.3. The van der Waals surface area contributed by atoms with Gasteiger partial charge in [0, 0.05) is 51.5 Å². The Morgan fingerprint density at radius 3 is 2.52 bits per heavy atom. The molecule has 0 spiro atoms. The van der Waals surface area contributed by atoms with Crippen LogP contribution in [0.3, 0.4) is 0 Å². The Morgan fingerprint density at radius 1 is 1.31 bits per heavy atom. The van der Waals surface area contributed by atoms with Crippen molar-refractivity contribution >= 4 is 34.7 Å². The average molecular weight is 424 g/mol. The van der Waals surface area contributed by atoms with Crippen LogP contribution in [0.15, 0.2) is 24.3 Å². The number of rotatable bonds is 6. The molecule has 1 aromatic carbocycles. The molecule has 2 atom stereocenters. The second kappa shape index (κ2) is 10.1. The maximum atomic E-state index is 12.4. The minimum Gasteiger partial charge on any atom is -0.445 e. The molecule has 0 aliphatic carbocycles. The van der Waals surface area contributed by atoms with Gasteiger partial charge in [-0.25, -0.2) is 9.59 Å². The summed E-state index contributed by atoms with van der Waals surface area (Å²) in [7, 11) is 3.30. The molecule has 0 aromatic heterocycles. The fourth-order valence-corrected chi connectivity index (χ4v) is 4.02. The largest absolute Gasteiger partial charge is 0.445 e. The molecule has 158 valence electrons. The number of likely N-dealkylation sites (tertiary alicyclic amines) is 1. The minimum atomic E-state index is -0.650. The van der Waals surface area contributed by atoms with E-state index >= 15 is 0 Å². The maximum Gasteiger partial charge on any atom is 0.407 e. The highest BCUT2D eigenvalue weighted by atomic mass is 32.2. The third-order valence-electron chi connectivity index (χ3n) is 4.34. The lowest BCUT2D eigenvalue weighted by Crippen LogP contribution is -2.47. The standard InChI is InChI=1S/C18H24N4O6S/c1-12(23)29-16-8-15(21(10-16)18(25)20(2)3)9-19-17(24)28-11-13-4-6-14(7-5-13)22(26)27/h4-7,15-16H,8-11H2,1-3H3,(H,19,24)/t15-,16-/m0/s1. The number of carbonyl (C=O) groups is 3. The average Bonchev–Trinajstić information content (AvgIpc) is 3.06. The maximum absolute atomic E-state index is 12.4. The van der Waals surface area contributed by atoms with Crippen LogP contribution in [-0.2, 0) is 16.1 Å². The quantitative estimate of drug-likeness (QED) is 0.549. The molecule has 1 N–H and O–H groups in total. The van der Waals surface area contributed by atoms with Gasteiger partial charge in [-0.3, -0.25) is 14.9 Å². The number of nitrogens with zero attached hydrogens (tertiary/aromatic N) is 3. The smallest absolute Gasteiger partial charge is 0.407 e. The third kappa shape index (κ3) is 6.63. The highest BCUT2D eigenvalue weighted by Gasteiger charge is 2.37. The molecule has 11 heteroatoms. The molecule has 1 saturated heterocycles. The van der Waals surface area contributed by atoms with Gasteiger partial charge in [0.2, 0.25) is 0 Å². The van der Waals surface area contributed by atoms with Gasteiger partial charge in [0.25, 0.3) is 5.69 Å². The minimum absolute atomic E-state index is 0.0108. The van der Waals surface area contributed by atoms with Crippen molar-refractivity contribution in [1.82, 2.24) is 15.1 Å². The zero-order valence-corrected chi connectivity index (χ0v) is 17.3. The fraction of sp³-hybridized carbons (Fsp3) is 0.500. The zero-order chi connectivity index (χ0) is 21.6. The SMILES string of the molecule is CC(=O)S[C@H]1C[C@@H](CNC(=O)OCc2ccc([N+](=O)[O-])cc2)N(C(=O)N(C)C)C1. The summed E-state index contributed by atoms with van der Waals surface area (Å²) < 4.78 is 5.13. The topological polar surface area (TPSA) is 122 Å². The molecule has 29 heavy (non-hydrogen) atoms. The first kappa shape index (κ1) is 22.5. The van der Waals surface area contributed by atoms with Crippen LogP contribution in [0.5, 0.6) is 0 Å². The first-order valence-electron chi connectivity index (χ1n) is 8.96. The van der Waals surface area contributed by atoms with Gasteiger partial charge in [0.05, 0.1) is 11.0 Å². The lowest BCUT2D eigenvalue weighted by molar-refractivity contribution is -0.384. The monoisotopic (exact) mass is 424 g/mol. The van der Waals surface area contributed by atoms with E-state index in [2.05, 4.69) is 5.32 Å². The number of benzene rings is 1. The number of nitro benzene ring substituents is 1. The highest BCUT2D eigenvalue weighted by molar-refractivity contribution is 8.14. The third-order valence-corrected chi connectivity index (χ3v) is 5.34. The van der Waals surface area contributed by atoms with Crippen molar-refractivity contribution in [2.75, 3.05) is 27.2 Å². The van der Waals surface area contributed by atoms with Gasteiger partial charge < -0.3 is 19.9 Å². The van der Waals surface area contributed by atoms with Gasteiger partial charge in [-0.05, 0) is 24.1 Å². The highest BCUT2D eigenvalue weighted by Crippen LogP contribution is 2.28. The molecule has 1 aromatic rings. The van der Waals surface area contributed by atoms with E-state index < -0.39 is 11.0 Å². The van der Waals surface area contributed by atoms with Crippen molar-refractivity contribution in [3.8, 4) is 0 Å². The van der Waals surface area contributed by atoms with Crippen molar-refractivity contribution < 1.29 is 24.0 Å². The molecule has 1 heterocycles. The molecule has 0 saturated carbocycles. The number of non-ortho nitro benzene ring substituents is 1. The molecule has 1 fully saturated rings. The Bertz CT molecular complexity index is 770. The zero-order valence-electron chi connectivity index (χ0n) is 16.5. The van der Waals surface area contributed by atoms with Gasteiger partial charge in [0.1, 0.15) is 6.61 Å². The molecular formula is C18H24N4O6S. The number of ether oxygens (including phenoxy) is 1. The van der Waals surface area contributed by atoms with Crippen LogP contribution in [0.4, 0.5) is 15.3 Å². The van der Waals surface area contributed by atoms with E-state index in [1.54, 1.807) is 19.0 Å². The summed E-state index contributed by atoms with van der Waals surface area (Å²) in [6.45, 7) is 2.10. The Kier molecular flexibility index (Phi) is 7.82. The van der Waals surface area contributed by atoms with Gasteiger partial charge >= 0.3 is 12.1 Å². The first-order valence-corrected chi connectivity index (χ1v) is 9.84. The Labute approximate surface area is 172 Å². The predicted octanol–water partition coefficient (Wildman–Crippen LogP) is 2.23. The normalized spacial score (nSPS) is 18.2. The number of hydrogen-bond donors (Lipinski definition) is 1. The number of thioether (sulfide) groups is 1. The van der Waals surface area contributed by atoms with E-state index in [0.29, 0.717) is 18.5 Å². The number of urea groups is 1. The van der Waals surface area contributed by atoms with Gasteiger partial charge in [-0.15, -0.1) is 0 Å². The van der Waals surface area contributed by atoms with Gasteiger partial charge in [0.15, 0.2) is 5.12 Å². The Hall–Kier alpha value is -2.82. The molecule has 0 bridgehead atoms. The first-order chi connectivity index (χ1) is 13.7. The summed E-state index contributed by atoms with van der Waals surface area (Å²) in [5.41, 5.74) is 0.581. The van der Waals surface area contributed by atoms with Crippen LogP contribution >= 0.6 is 11.8 Å². The summed E-state index contributed by atoms with van der Waals surface area (Å²) in [6.07, 6.45) is -0.0600. The second-order valence-corrected chi connectivity index (χ2v) is 8.31. The number of alkyl carbamates (subject to hydrolysis) is 1. The van der Waals surface area contributed by atoms with Crippen LogP contribution in [-0.4, -0.2) is 70.4 Å². The van der Waals surface area contributed by atoms with E-state index in [1.807, 2.05) is 0 Å². The molecule has 2 rings (SSSR count). The van der Waals surface area contributed by atoms with E-state index in [-0.39, 0.29) is 41.3 Å². The number of amides is 3. The Morgan fingerprint density at radius 2 is 1.97 bits per heavy atom. The molecule has 1 aliphatic rings. The predicted molar refractivity (Wildman–Crippen MR) is 108 cm³/mol. The van der Waals surface area contributed by atoms with Crippen molar-refractivity contribution in [1.29, 1.82) is 0 Å². The van der Waals surface area contributed by atoms with Gasteiger partial charge in [-0.2, -0.15) is 0 Å². The van der Waals surface area contributed by atoms with Crippen molar-refractivity contribution in [3.63, 3.8) is 0 Å². The molecule has 0 radical (unpaired) electrons. The number of nitro groups is 1. The molecule has 1 aliphatic heterocycles. The molecule has 3 amide bonds. The summed E-state index contributed by atoms with van der Waals surface area (Å²) >= 11 is 1.20. The van der Waals surface area contributed by atoms with Crippen molar-refractivity contribution in [3.05, 3.63) is 39.9 Å². The van der Waals surface area contributed by atoms with Crippen molar-refractivity contribution in [2.24, 2.45) is 0 Å². The lowest BCUT2D eigenvalue weighted by Gasteiger charge is -2.27. The van der Waals surface area contributed by atoms with Gasteiger partial charge in [-0.1, -0.05) is 11.8 Å². The lowest BCUT2D eigenvalue weighted by atomic mass is 10.2. The molecule has 10 nitrogen and oxygen atoms in total. The second-order valence-electron chi connectivity index (χ2n) is 6.83. The van der Waals surface area contributed by atoms with Crippen LogP contribution in [0, 0.1) is 10.1 Å². The van der Waals surface area contributed by atoms with E-state index in [0.717, 1.165) is 0 Å². The molecule has 0 unspecified atom stereocenters. The van der Waals surface area contributed by atoms with Crippen LogP contribution < -0.4 is 5.32 Å². The summed E-state index contributed by atoms with van der Waals surface area (Å²) in [6, 6.07) is 5.29. The summed E-state index contributed by atoms with van der Waals surface area (Å²) in [5.74, 6) is 0. The van der Waals surface area contributed by atoms with E-state index in [4.69, 9.17) is 4.74 Å². The van der Waals surface area contributed by atoms with Crippen LogP contribution in [0.25, 0.3) is 0 Å². The number of hydrogen-bond acceptors (Lipinski definition) is 7. The number of carbonyl (C=O) groups excluding carboxylic acids is 3. The van der Waals surface area contributed by atoms with Crippen LogP contribution in [0.1, 0.15) is 18.9 Å². The van der Waals surface area contributed by atoms with E-state index in [1.165, 1.54) is 47.9 Å². The molecular weight excluding hydrogens is 400 g/mol. The fourth-order valence-electron chi connectivity index (χ4n) is 2.99. The van der Waals surface area contributed by atoms with Crippen LogP contribution in [0.2, 0.25) is 0 Å². The van der Waals surface area contributed by atoms with E-state index in [9.17, 15) is 24.5 Å². The number of nitrogens with one attached hydrogen (secondary N) is 1.